The number of aromatic nitrogens is 1. The molecule has 3 aromatic carbocycles. The van der Waals surface area contributed by atoms with Gasteiger partial charge in [0, 0.05) is 83.8 Å². The zero-order chi connectivity index (χ0) is 66.6. The Balaban J connectivity index is 1.32. The van der Waals surface area contributed by atoms with Crippen LogP contribution in [0.3, 0.4) is 0 Å². The minimum atomic E-state index is -2.35. The van der Waals surface area contributed by atoms with Gasteiger partial charge >= 0.3 is 12.1 Å². The molecule has 0 bridgehead atoms. The van der Waals surface area contributed by atoms with Crippen LogP contribution >= 0.6 is 0 Å². The van der Waals surface area contributed by atoms with Crippen LogP contribution in [0.5, 0.6) is 0 Å². The van der Waals surface area contributed by atoms with E-state index >= 15 is 0 Å². The summed E-state index contributed by atoms with van der Waals surface area (Å²) in [7, 11) is -2.09. The SMILES string of the molecule is CC(C(=O)O)N(C)C(=O)CCN(CCO[Si](C)(C)C(C)(C)C)C(=O)CN(CCO[Si](C)(C)C(C)(C)C)C(=O)CN(CCO[Si](C)(C)C(C)(C)C)C(=O)CNC(=O)CCn1c(CN(C)N(C)C(=O)OCC2c3ccccc3-c3ccccc32)cc2ccccc21. The van der Waals surface area contributed by atoms with Crippen LogP contribution < -0.4 is 5.32 Å². The van der Waals surface area contributed by atoms with E-state index in [9.17, 15) is 38.7 Å². The molecule has 6 amide bonds. The van der Waals surface area contributed by atoms with E-state index in [0.717, 1.165) is 43.8 Å². The number of fused-ring (bicyclic) bond motifs is 4. The van der Waals surface area contributed by atoms with Crippen molar-refractivity contribution in [1.29, 1.82) is 0 Å². The van der Waals surface area contributed by atoms with Crippen molar-refractivity contribution in [1.82, 2.24) is 39.5 Å². The average molecular weight is 1290 g/mol. The number of rotatable bonds is 31. The maximum atomic E-state index is 14.9. The summed E-state index contributed by atoms with van der Waals surface area (Å²) in [5.74, 6) is -3.65. The van der Waals surface area contributed by atoms with Crippen LogP contribution in [0.4, 0.5) is 4.79 Å². The van der Waals surface area contributed by atoms with Crippen LogP contribution in [-0.4, -0.2) is 205 Å². The normalized spacial score (nSPS) is 13.4. The molecule has 0 saturated carbocycles. The number of aryl methyl sites for hydroxylation is 1. The number of nitrogens with zero attached hydrogens (tertiary/aromatic N) is 7. The summed E-state index contributed by atoms with van der Waals surface area (Å²) >= 11 is 0. The van der Waals surface area contributed by atoms with Gasteiger partial charge < -0.3 is 52.6 Å². The number of aliphatic carboxylic acids is 1. The minimum Gasteiger partial charge on any atom is -0.480 e. The number of para-hydroxylation sites is 1. The third kappa shape index (κ3) is 19.6. The Morgan fingerprint density at radius 1 is 0.596 bits per heavy atom. The fraction of sp³-hybridized carbons (Fsp3) is 0.591. The van der Waals surface area contributed by atoms with Gasteiger partial charge in [0.15, 0.2) is 25.0 Å². The van der Waals surface area contributed by atoms with Crippen molar-refractivity contribution in [2.75, 3.05) is 93.4 Å². The van der Waals surface area contributed by atoms with E-state index in [2.05, 4.69) is 131 Å². The molecule has 1 unspecified atom stereocenters. The first-order valence-electron chi connectivity index (χ1n) is 31.2. The van der Waals surface area contributed by atoms with Crippen molar-refractivity contribution < 1.29 is 56.7 Å². The summed E-state index contributed by atoms with van der Waals surface area (Å²) in [6.45, 7) is 32.9. The van der Waals surface area contributed by atoms with E-state index in [1.165, 1.54) is 33.7 Å². The maximum absolute atomic E-state index is 14.9. The third-order valence-corrected chi connectivity index (χ3v) is 32.5. The highest BCUT2D eigenvalue weighted by Gasteiger charge is 2.40. The molecule has 4 aromatic rings. The first-order chi connectivity index (χ1) is 41.3. The summed E-state index contributed by atoms with van der Waals surface area (Å²) in [5, 5.41) is 16.2. The van der Waals surface area contributed by atoms with E-state index in [-0.39, 0.29) is 93.0 Å². The largest absolute Gasteiger partial charge is 0.480 e. The maximum Gasteiger partial charge on any atom is 0.424 e. The molecule has 0 fully saturated rings. The van der Waals surface area contributed by atoms with Gasteiger partial charge in [-0.15, -0.1) is 0 Å². The van der Waals surface area contributed by atoms with Crippen molar-refractivity contribution in [3.05, 3.63) is 95.7 Å². The fourth-order valence-electron chi connectivity index (χ4n) is 9.56. The highest BCUT2D eigenvalue weighted by molar-refractivity contribution is 6.74. The molecule has 1 heterocycles. The molecule has 0 spiro atoms. The smallest absolute Gasteiger partial charge is 0.424 e. The number of carboxylic acids is 1. The van der Waals surface area contributed by atoms with Gasteiger partial charge in [0.25, 0.3) is 0 Å². The zero-order valence-corrected chi connectivity index (χ0v) is 59.8. The summed E-state index contributed by atoms with van der Waals surface area (Å²) in [6.07, 6.45) is -0.681. The van der Waals surface area contributed by atoms with E-state index in [4.69, 9.17) is 18.0 Å². The number of hydrogen-bond acceptors (Lipinski definition) is 12. The predicted octanol–water partition coefficient (Wildman–Crippen LogP) is 10.2. The van der Waals surface area contributed by atoms with Crippen molar-refractivity contribution in [2.24, 2.45) is 0 Å². The van der Waals surface area contributed by atoms with Crippen LogP contribution in [-0.2, 0) is 59.9 Å². The summed E-state index contributed by atoms with van der Waals surface area (Å²) in [5.41, 5.74) is 6.25. The fourth-order valence-corrected chi connectivity index (χ4v) is 12.7. The van der Waals surface area contributed by atoms with Crippen molar-refractivity contribution in [3.8, 4) is 11.1 Å². The Hall–Kier alpha value is -6.22. The minimum absolute atomic E-state index is 0.000313. The van der Waals surface area contributed by atoms with Gasteiger partial charge in [-0.25, -0.2) is 19.6 Å². The molecule has 1 aliphatic carbocycles. The Labute approximate surface area is 532 Å². The molecule has 89 heavy (non-hydrogen) atoms. The molecule has 492 valence electrons. The molecule has 0 radical (unpaired) electrons. The molecular formula is C66H104N8O12Si3. The lowest BCUT2D eigenvalue weighted by Crippen LogP contribution is -2.52. The molecule has 0 saturated heterocycles. The van der Waals surface area contributed by atoms with Gasteiger partial charge in [-0.2, -0.15) is 0 Å². The lowest BCUT2D eigenvalue weighted by molar-refractivity contribution is -0.149. The number of amides is 6. The molecule has 2 N–H and O–H groups in total. The molecule has 1 aliphatic rings. The Morgan fingerprint density at radius 2 is 1.04 bits per heavy atom. The second-order valence-electron chi connectivity index (χ2n) is 28.1. The average Bonchev–Trinajstić information content (AvgIpc) is 2.46. The number of benzene rings is 3. The van der Waals surface area contributed by atoms with Crippen LogP contribution in [0, 0.1) is 0 Å². The van der Waals surface area contributed by atoms with E-state index in [1.54, 1.807) is 19.1 Å². The lowest BCUT2D eigenvalue weighted by Gasteiger charge is -2.38. The second-order valence-corrected chi connectivity index (χ2v) is 42.6. The summed E-state index contributed by atoms with van der Waals surface area (Å²) in [6, 6.07) is 25.1. The Bertz CT molecular complexity index is 3070. The number of carboxylic acid groups (broad SMARTS) is 1. The highest BCUT2D eigenvalue weighted by Crippen LogP contribution is 2.45. The molecule has 23 heteroatoms. The number of nitrogens with one attached hydrogen (secondary N) is 1. The monoisotopic (exact) mass is 1280 g/mol. The number of hydrogen-bond donors (Lipinski definition) is 2. The summed E-state index contributed by atoms with van der Waals surface area (Å²) in [4.78, 5) is 102. The van der Waals surface area contributed by atoms with Crippen molar-refractivity contribution >= 4 is 77.5 Å². The number of hydrazine groups is 1. The van der Waals surface area contributed by atoms with Crippen molar-refractivity contribution in [2.45, 2.75) is 162 Å². The Morgan fingerprint density at radius 3 is 1.54 bits per heavy atom. The van der Waals surface area contributed by atoms with Crippen molar-refractivity contribution in [3.63, 3.8) is 0 Å². The summed E-state index contributed by atoms with van der Waals surface area (Å²) < 4.78 is 27.6. The van der Waals surface area contributed by atoms with Crippen LogP contribution in [0.1, 0.15) is 105 Å². The highest BCUT2D eigenvalue weighted by atomic mass is 28.4. The first-order valence-corrected chi connectivity index (χ1v) is 39.9. The molecule has 5 rings (SSSR count). The Kier molecular flexibility index (Phi) is 25.4. The topological polar surface area (TPSA) is 213 Å². The molecule has 20 nitrogen and oxygen atoms in total. The first kappa shape index (κ1) is 73.5. The third-order valence-electron chi connectivity index (χ3n) is 18.9. The quantitative estimate of drug-likeness (QED) is 0.0355. The lowest BCUT2D eigenvalue weighted by atomic mass is 9.98. The van der Waals surface area contributed by atoms with E-state index < -0.39 is 92.2 Å². The number of likely N-dealkylation sites (N-methyl/N-ethyl adjacent to an activating group) is 1. The van der Waals surface area contributed by atoms with Gasteiger partial charge in [-0.1, -0.05) is 129 Å². The second kappa shape index (κ2) is 30.7. The number of carbonyl (C=O) groups excluding carboxylic acids is 6. The standard InChI is InChI=1S/C66H104N8O12Si3/c1-48(62(80)81)69(12)58(76)33-34-71(36-39-84-87(14,15)64(2,3)4)60(78)45-73(38-41-86-89(18,19)66(8,9)10)61(79)46-72(37-40-85-88(16,17)65(5,6)7)59(77)43-67-57(75)32-35-74-50(42-49-26-20-25-31-56(49)74)44-68(11)70(13)63(82)83-47-55-53-29-23-21-27-51(53)52-28-22-24-30-54(52)55/h20-31,42,48,55H,32-41,43-47H2,1-19H3,(H,67,75)(H,80,81). The van der Waals surface area contributed by atoms with Gasteiger partial charge in [0.2, 0.25) is 29.5 Å². The number of ether oxygens (including phenoxy) is 1. The van der Waals surface area contributed by atoms with Gasteiger partial charge in [-0.3, -0.25) is 24.0 Å². The zero-order valence-electron chi connectivity index (χ0n) is 56.8. The molecule has 1 aromatic heterocycles. The molecular weight excluding hydrogens is 1180 g/mol. The molecule has 0 aliphatic heterocycles. The van der Waals surface area contributed by atoms with E-state index in [1.807, 2.05) is 59.2 Å². The van der Waals surface area contributed by atoms with Gasteiger partial charge in [-0.05, 0) is 101 Å². The van der Waals surface area contributed by atoms with Crippen LogP contribution in [0.2, 0.25) is 54.4 Å². The molecule has 1 atom stereocenters. The van der Waals surface area contributed by atoms with Crippen LogP contribution in [0.15, 0.2) is 78.9 Å². The van der Waals surface area contributed by atoms with Gasteiger partial charge in [0.05, 0.1) is 46.0 Å². The van der Waals surface area contributed by atoms with Crippen LogP contribution in [0.25, 0.3) is 22.0 Å². The van der Waals surface area contributed by atoms with Gasteiger partial charge in [0.1, 0.15) is 12.6 Å². The number of carbonyl (C=O) groups is 7. The van der Waals surface area contributed by atoms with E-state index in [0.29, 0.717) is 6.54 Å². The predicted molar refractivity (Wildman–Crippen MR) is 358 cm³/mol.